The van der Waals surface area contributed by atoms with E-state index < -0.39 is 29.0 Å². The number of hydrogen-bond acceptors (Lipinski definition) is 6. The van der Waals surface area contributed by atoms with Crippen LogP contribution in [0.2, 0.25) is 0 Å². The van der Waals surface area contributed by atoms with Crippen LogP contribution in [0.3, 0.4) is 0 Å². The molecule has 7 heteroatoms. The van der Waals surface area contributed by atoms with Gasteiger partial charge in [0.1, 0.15) is 5.78 Å². The second kappa shape index (κ2) is 8.86. The van der Waals surface area contributed by atoms with E-state index in [1.54, 1.807) is 6.92 Å². The van der Waals surface area contributed by atoms with E-state index >= 15 is 0 Å². The van der Waals surface area contributed by atoms with E-state index in [2.05, 4.69) is 19.2 Å². The van der Waals surface area contributed by atoms with E-state index in [1.807, 2.05) is 42.5 Å². The van der Waals surface area contributed by atoms with E-state index in [1.165, 1.54) is 0 Å². The Kier molecular flexibility index (Phi) is 6.12. The predicted molar refractivity (Wildman–Crippen MR) is 128 cm³/mol. The second-order valence-electron chi connectivity index (χ2n) is 11.0. The van der Waals surface area contributed by atoms with Gasteiger partial charge < -0.3 is 19.9 Å². The first-order valence-electron chi connectivity index (χ1n) is 12.8. The summed E-state index contributed by atoms with van der Waals surface area (Å²) in [4.78, 5) is 39.8. The molecule has 2 saturated heterocycles. The zero-order valence-electron chi connectivity index (χ0n) is 20.6. The molecule has 1 spiro atoms. The molecule has 9 atom stereocenters. The van der Waals surface area contributed by atoms with Gasteiger partial charge in [0.05, 0.1) is 24.2 Å². The minimum absolute atomic E-state index is 0.0174. The van der Waals surface area contributed by atoms with Crippen molar-refractivity contribution < 1.29 is 29.0 Å². The lowest BCUT2D eigenvalue weighted by Crippen LogP contribution is -2.61. The number of aliphatic hydroxyl groups excluding tert-OH is 1. The van der Waals surface area contributed by atoms with Crippen molar-refractivity contribution >= 4 is 17.7 Å². The van der Waals surface area contributed by atoms with Crippen molar-refractivity contribution in [2.75, 3.05) is 6.61 Å². The highest BCUT2D eigenvalue weighted by Gasteiger charge is 2.78. The van der Waals surface area contributed by atoms with Crippen LogP contribution in [0.15, 0.2) is 42.5 Å². The van der Waals surface area contributed by atoms with E-state index in [0.717, 1.165) is 5.56 Å². The summed E-state index contributed by atoms with van der Waals surface area (Å²) in [5.74, 6) is -2.45. The molecule has 2 N–H and O–H groups in total. The maximum absolute atomic E-state index is 13.8. The number of ketones is 1. The monoisotopic (exact) mass is 481 g/mol. The largest absolute Gasteiger partial charge is 0.448 e. The standard InChI is InChI=1S/C28H35NO6/c1-16-12-13-22(31)34-28-20(11-7-10-19(15-30)24(16)32)25-27(3,35-25)17(2)23(28)21(29-26(28)33)14-18-8-5-4-6-9-18/h4-9,11,16-17,19-21,23,25,30H,10,12-15H2,1-3H3,(H,29,33)/t16-,17-,19-,20+,21+,23+,25-,27+,28-/m0/s1. The van der Waals surface area contributed by atoms with Crippen LogP contribution in [0, 0.1) is 29.6 Å². The summed E-state index contributed by atoms with van der Waals surface area (Å²) in [7, 11) is 0. The normalized spacial score (nSPS) is 43.1. The number of carbonyl (C=O) groups is 3. The van der Waals surface area contributed by atoms with Gasteiger partial charge in [-0.3, -0.25) is 14.4 Å². The number of aliphatic hydroxyl groups is 1. The Morgan fingerprint density at radius 3 is 2.60 bits per heavy atom. The van der Waals surface area contributed by atoms with Crippen LogP contribution < -0.4 is 5.32 Å². The van der Waals surface area contributed by atoms with Crippen LogP contribution in [-0.2, 0) is 30.3 Å². The Morgan fingerprint density at radius 1 is 1.14 bits per heavy atom. The average Bonchev–Trinajstić information content (AvgIpc) is 3.46. The lowest BCUT2D eigenvalue weighted by Gasteiger charge is -2.46. The molecule has 0 bridgehead atoms. The van der Waals surface area contributed by atoms with Crippen molar-refractivity contribution in [2.45, 2.75) is 69.8 Å². The molecule has 0 unspecified atom stereocenters. The maximum Gasteiger partial charge on any atom is 0.306 e. The SMILES string of the molecule is C[C@H]1CCC(=O)O[C@]23C(=O)N[C@H](Cc4ccccc4)[C@H]2[C@H](C)[C@@]2(C)O[C@H]2[C@H]3C=CC[C@@H](CO)C1=O. The van der Waals surface area contributed by atoms with E-state index in [4.69, 9.17) is 9.47 Å². The van der Waals surface area contributed by atoms with E-state index in [-0.39, 0.29) is 54.6 Å². The van der Waals surface area contributed by atoms with Gasteiger partial charge >= 0.3 is 5.97 Å². The summed E-state index contributed by atoms with van der Waals surface area (Å²) in [5.41, 5.74) is -0.682. The Labute approximate surface area is 206 Å². The molecule has 3 heterocycles. The molecule has 1 aromatic carbocycles. The number of benzene rings is 1. The lowest BCUT2D eigenvalue weighted by molar-refractivity contribution is -0.182. The molecule has 7 nitrogen and oxygen atoms in total. The van der Waals surface area contributed by atoms with Crippen LogP contribution >= 0.6 is 0 Å². The van der Waals surface area contributed by atoms with Crippen molar-refractivity contribution in [2.24, 2.45) is 29.6 Å². The number of carbonyl (C=O) groups excluding carboxylic acids is 3. The van der Waals surface area contributed by atoms with Gasteiger partial charge in [0.2, 0.25) is 5.60 Å². The maximum atomic E-state index is 13.8. The molecule has 1 aliphatic carbocycles. The summed E-state index contributed by atoms with van der Waals surface area (Å²) in [6.07, 6.45) is 4.88. The highest BCUT2D eigenvalue weighted by molar-refractivity contribution is 5.92. The smallest absolute Gasteiger partial charge is 0.306 e. The molecule has 3 fully saturated rings. The number of allylic oxidation sites excluding steroid dienone is 1. The number of amides is 1. The summed E-state index contributed by atoms with van der Waals surface area (Å²) >= 11 is 0. The average molecular weight is 482 g/mol. The number of hydrogen-bond donors (Lipinski definition) is 2. The molecular formula is C28H35NO6. The fraction of sp³-hybridized carbons (Fsp3) is 0.607. The first-order valence-corrected chi connectivity index (χ1v) is 12.8. The number of fused-ring (bicyclic) bond motifs is 2. The van der Waals surface area contributed by atoms with Crippen molar-refractivity contribution in [3.63, 3.8) is 0 Å². The third-order valence-electron chi connectivity index (χ3n) is 8.99. The van der Waals surface area contributed by atoms with Gasteiger partial charge in [-0.25, -0.2) is 0 Å². The molecule has 3 aliphatic heterocycles. The number of rotatable bonds is 3. The van der Waals surface area contributed by atoms with Crippen LogP contribution in [-0.4, -0.2) is 52.7 Å². The van der Waals surface area contributed by atoms with Gasteiger partial charge in [0.15, 0.2) is 0 Å². The fourth-order valence-electron chi connectivity index (χ4n) is 6.79. The molecular weight excluding hydrogens is 446 g/mol. The van der Waals surface area contributed by atoms with Crippen LogP contribution in [0.4, 0.5) is 0 Å². The fourth-order valence-corrected chi connectivity index (χ4v) is 6.79. The minimum atomic E-state index is -1.37. The van der Waals surface area contributed by atoms with Gasteiger partial charge in [-0.2, -0.15) is 0 Å². The van der Waals surface area contributed by atoms with Gasteiger partial charge in [0.25, 0.3) is 5.91 Å². The van der Waals surface area contributed by atoms with Gasteiger partial charge in [-0.05, 0) is 37.7 Å². The summed E-state index contributed by atoms with van der Waals surface area (Å²) in [6, 6.07) is 9.81. The third kappa shape index (κ3) is 3.84. The summed E-state index contributed by atoms with van der Waals surface area (Å²) < 4.78 is 12.5. The van der Waals surface area contributed by atoms with E-state index in [0.29, 0.717) is 19.3 Å². The molecule has 1 aromatic rings. The Bertz CT molecular complexity index is 1040. The molecule has 5 rings (SSSR count). The topological polar surface area (TPSA) is 105 Å². The Morgan fingerprint density at radius 2 is 1.89 bits per heavy atom. The van der Waals surface area contributed by atoms with E-state index in [9.17, 15) is 19.5 Å². The molecule has 35 heavy (non-hydrogen) atoms. The first kappa shape index (κ1) is 24.2. The second-order valence-corrected chi connectivity index (χ2v) is 11.0. The zero-order chi connectivity index (χ0) is 25.0. The summed E-state index contributed by atoms with van der Waals surface area (Å²) in [6.45, 7) is 5.70. The van der Waals surface area contributed by atoms with Crippen LogP contribution in [0.25, 0.3) is 0 Å². The number of Topliss-reactive ketones (excluding diaryl/α,β-unsaturated/α-hetero) is 1. The predicted octanol–water partition coefficient (Wildman–Crippen LogP) is 2.60. The van der Waals surface area contributed by atoms with Crippen LogP contribution in [0.5, 0.6) is 0 Å². The molecule has 1 amide bonds. The van der Waals surface area contributed by atoms with Gasteiger partial charge in [0, 0.05) is 30.2 Å². The summed E-state index contributed by atoms with van der Waals surface area (Å²) in [5, 5.41) is 13.0. The Hall–Kier alpha value is -2.51. The van der Waals surface area contributed by atoms with Crippen molar-refractivity contribution in [1.82, 2.24) is 5.32 Å². The molecule has 0 radical (unpaired) electrons. The number of ether oxygens (including phenoxy) is 2. The Balaban J connectivity index is 1.56. The highest BCUT2D eigenvalue weighted by Crippen LogP contribution is 2.63. The first-order chi connectivity index (χ1) is 16.7. The van der Waals surface area contributed by atoms with Gasteiger partial charge in [-0.15, -0.1) is 0 Å². The third-order valence-corrected chi connectivity index (χ3v) is 8.99. The lowest BCUT2D eigenvalue weighted by atomic mass is 9.59. The number of esters is 1. The highest BCUT2D eigenvalue weighted by atomic mass is 16.6. The van der Waals surface area contributed by atoms with Gasteiger partial charge in [-0.1, -0.05) is 56.3 Å². The van der Waals surface area contributed by atoms with Crippen molar-refractivity contribution in [1.29, 1.82) is 0 Å². The number of nitrogens with one attached hydrogen (secondary N) is 1. The molecule has 4 aliphatic rings. The molecule has 1 saturated carbocycles. The van der Waals surface area contributed by atoms with Crippen molar-refractivity contribution in [3.05, 3.63) is 48.0 Å². The van der Waals surface area contributed by atoms with Crippen LogP contribution in [0.1, 0.15) is 45.6 Å². The van der Waals surface area contributed by atoms with Crippen molar-refractivity contribution in [3.8, 4) is 0 Å². The number of epoxide rings is 1. The zero-order valence-corrected chi connectivity index (χ0v) is 20.6. The minimum Gasteiger partial charge on any atom is -0.448 e. The quantitative estimate of drug-likeness (QED) is 0.391. The molecule has 188 valence electrons. The molecule has 0 aromatic heterocycles.